The van der Waals surface area contributed by atoms with E-state index in [1.54, 1.807) is 40.1 Å². The van der Waals surface area contributed by atoms with Gasteiger partial charge in [0, 0.05) is 81.7 Å². The minimum Gasteiger partial charge on any atom is -0.205 e. The molecule has 0 saturated heterocycles. The summed E-state index contributed by atoms with van der Waals surface area (Å²) in [5.41, 5.74) is 1.23. The van der Waals surface area contributed by atoms with E-state index < -0.39 is 10.8 Å². The molecule has 7 rings (SSSR count). The summed E-state index contributed by atoms with van der Waals surface area (Å²) in [5.74, 6) is -0.216. The molecule has 0 spiro atoms. The molecule has 0 aliphatic carbocycles. The van der Waals surface area contributed by atoms with Crippen molar-refractivity contribution in [3.63, 3.8) is 0 Å². The number of fused-ring (bicyclic) bond motifs is 3. The Labute approximate surface area is 328 Å². The zero-order chi connectivity index (χ0) is 36.5. The summed E-state index contributed by atoms with van der Waals surface area (Å²) in [7, 11) is 0. The minimum atomic E-state index is -0.467. The molecule has 0 nitrogen and oxygen atoms in total. The van der Waals surface area contributed by atoms with E-state index >= 15 is 4.39 Å². The van der Waals surface area contributed by atoms with E-state index in [1.807, 2.05) is 17.4 Å². The quantitative estimate of drug-likeness (QED) is 0.154. The molecule has 50 heavy (non-hydrogen) atoms. The van der Waals surface area contributed by atoms with Crippen LogP contribution in [0.4, 0.5) is 8.78 Å². The highest BCUT2D eigenvalue weighted by atomic mass is 32.2. The molecule has 0 atom stereocenters. The van der Waals surface area contributed by atoms with Crippen LogP contribution in [0.25, 0.3) is 56.0 Å². The topological polar surface area (TPSA) is 0 Å². The van der Waals surface area contributed by atoms with Crippen LogP contribution < -0.4 is 0 Å². The maximum absolute atomic E-state index is 16.4. The molecule has 7 aromatic rings. The van der Waals surface area contributed by atoms with Gasteiger partial charge in [0.05, 0.1) is 13.8 Å². The number of rotatable bonds is 6. The van der Waals surface area contributed by atoms with Crippen LogP contribution in [-0.2, 0) is 21.7 Å². The monoisotopic (exact) mass is 814 g/mol. The molecular formula is C40H40F2S8. The van der Waals surface area contributed by atoms with Crippen LogP contribution in [0, 0.1) is 10.9 Å². The first-order valence-corrected chi connectivity index (χ1v) is 22.1. The normalized spacial score (nSPS) is 13.5. The van der Waals surface area contributed by atoms with E-state index in [0.717, 1.165) is 28.9 Å². The molecule has 10 heteroatoms. The standard InChI is InChI=1S/C40H40F2S8/c1-18(43)31-30(42)29-34(49-31)36(38(5,6)7)50-35(29)40(10,11)39(8,9)24-17-20-28(22-13-15-26(44)46-22)32-19(16-23(47-32)37(2,3)4)27(33(20)48-24)21-12-14-25(41)45-21/h12-17,43-44H,1H2,2-11H3. The Kier molecular flexibility index (Phi) is 9.04. The van der Waals surface area contributed by atoms with Crippen molar-refractivity contribution in [2.75, 3.05) is 0 Å². The van der Waals surface area contributed by atoms with Crippen molar-refractivity contribution in [1.29, 1.82) is 0 Å². The summed E-state index contributed by atoms with van der Waals surface area (Å²) < 4.78 is 35.5. The lowest BCUT2D eigenvalue weighted by Gasteiger charge is -2.41. The summed E-state index contributed by atoms with van der Waals surface area (Å²) in [4.78, 5) is 7.82. The largest absolute Gasteiger partial charge is 0.205 e. The van der Waals surface area contributed by atoms with Crippen LogP contribution >= 0.6 is 93.3 Å². The van der Waals surface area contributed by atoms with E-state index in [-0.39, 0.29) is 21.8 Å². The Morgan fingerprint density at radius 1 is 0.620 bits per heavy atom. The van der Waals surface area contributed by atoms with E-state index in [4.69, 9.17) is 12.6 Å². The molecule has 0 N–H and O–H groups in total. The van der Waals surface area contributed by atoms with Gasteiger partial charge in [-0.1, -0.05) is 75.8 Å². The Morgan fingerprint density at radius 3 is 1.68 bits per heavy atom. The number of hydrogen-bond acceptors (Lipinski definition) is 8. The van der Waals surface area contributed by atoms with E-state index in [9.17, 15) is 4.39 Å². The number of hydrogen-bond donors (Lipinski definition) is 2. The Hall–Kier alpha value is -1.50. The average molecular weight is 815 g/mol. The molecule has 6 aromatic heterocycles. The van der Waals surface area contributed by atoms with Gasteiger partial charge in [-0.2, -0.15) is 4.39 Å². The molecule has 262 valence electrons. The Morgan fingerprint density at radius 2 is 1.18 bits per heavy atom. The number of thiol groups is 2. The van der Waals surface area contributed by atoms with Crippen LogP contribution in [-0.4, -0.2) is 0 Å². The van der Waals surface area contributed by atoms with Crippen LogP contribution in [0.2, 0.25) is 0 Å². The second kappa shape index (κ2) is 12.3. The van der Waals surface area contributed by atoms with Gasteiger partial charge in [0.2, 0.25) is 0 Å². The van der Waals surface area contributed by atoms with E-state index in [2.05, 4.69) is 113 Å². The summed E-state index contributed by atoms with van der Waals surface area (Å²) in [6.07, 6.45) is 0. The summed E-state index contributed by atoms with van der Waals surface area (Å²) >= 11 is 19.0. The van der Waals surface area contributed by atoms with Gasteiger partial charge in [0.25, 0.3) is 0 Å². The average Bonchev–Trinajstić information content (AvgIpc) is 3.82. The fourth-order valence-corrected chi connectivity index (χ4v) is 14.7. The van der Waals surface area contributed by atoms with Crippen LogP contribution in [0.15, 0.2) is 47.2 Å². The fraction of sp³-hybridized carbons (Fsp3) is 0.350. The van der Waals surface area contributed by atoms with Gasteiger partial charge in [0.15, 0.2) is 10.9 Å². The maximum atomic E-state index is 16.4. The summed E-state index contributed by atoms with van der Waals surface area (Å²) in [6, 6.07) is 12.5. The zero-order valence-corrected chi connectivity index (χ0v) is 36.5. The van der Waals surface area contributed by atoms with Crippen molar-refractivity contribution in [3.05, 3.63) is 78.3 Å². The van der Waals surface area contributed by atoms with Crippen molar-refractivity contribution in [1.82, 2.24) is 0 Å². The van der Waals surface area contributed by atoms with Crippen molar-refractivity contribution < 1.29 is 8.78 Å². The Balaban J connectivity index is 1.55. The predicted molar refractivity (Wildman–Crippen MR) is 232 cm³/mol. The molecule has 0 aliphatic rings. The van der Waals surface area contributed by atoms with Crippen LogP contribution in [0.3, 0.4) is 0 Å². The van der Waals surface area contributed by atoms with Gasteiger partial charge < -0.3 is 0 Å². The molecule has 0 radical (unpaired) electrons. The highest BCUT2D eigenvalue weighted by molar-refractivity contribution is 7.90. The molecular weight excluding hydrogens is 775 g/mol. The molecule has 0 aliphatic heterocycles. The number of benzene rings is 1. The third kappa shape index (κ3) is 5.74. The van der Waals surface area contributed by atoms with E-state index in [1.165, 1.54) is 63.2 Å². The molecule has 0 saturated carbocycles. The van der Waals surface area contributed by atoms with Gasteiger partial charge in [-0.15, -0.1) is 93.3 Å². The minimum absolute atomic E-state index is 0.0399. The lowest BCUT2D eigenvalue weighted by Crippen LogP contribution is -2.39. The number of halogens is 2. The second-order valence-corrected chi connectivity index (χ2v) is 23.7. The first kappa shape index (κ1) is 36.8. The van der Waals surface area contributed by atoms with Gasteiger partial charge in [-0.3, -0.25) is 0 Å². The van der Waals surface area contributed by atoms with Gasteiger partial charge in [-0.05, 0) is 47.2 Å². The third-order valence-electron chi connectivity index (χ3n) is 10.0. The highest BCUT2D eigenvalue weighted by Gasteiger charge is 2.45. The first-order valence-electron chi connectivity index (χ1n) is 16.4. The lowest BCUT2D eigenvalue weighted by molar-refractivity contribution is 0.316. The summed E-state index contributed by atoms with van der Waals surface area (Å²) in [6.45, 7) is 26.5. The van der Waals surface area contributed by atoms with Gasteiger partial charge >= 0.3 is 0 Å². The molecule has 0 amide bonds. The van der Waals surface area contributed by atoms with Crippen molar-refractivity contribution >= 4 is 128 Å². The van der Waals surface area contributed by atoms with Gasteiger partial charge in [-0.25, -0.2) is 4.39 Å². The number of thiophene rings is 6. The van der Waals surface area contributed by atoms with Crippen LogP contribution in [0.1, 0.15) is 93.6 Å². The third-order valence-corrected chi connectivity index (χ3v) is 19.0. The smallest absolute Gasteiger partial charge is 0.176 e. The first-order chi connectivity index (χ1) is 23.1. The Bertz CT molecular complexity index is 2370. The molecule has 0 unspecified atom stereocenters. The summed E-state index contributed by atoms with van der Waals surface area (Å²) in [5, 5.41) is 2.86. The maximum Gasteiger partial charge on any atom is 0.176 e. The molecule has 1 aromatic carbocycles. The van der Waals surface area contributed by atoms with E-state index in [0.29, 0.717) is 15.2 Å². The molecule has 0 fully saturated rings. The van der Waals surface area contributed by atoms with Crippen molar-refractivity contribution in [3.8, 4) is 20.9 Å². The van der Waals surface area contributed by atoms with Crippen molar-refractivity contribution in [2.24, 2.45) is 0 Å². The SMILES string of the molecule is C=C(S)c1sc2c(C(C)(C)C)sc(C(C)(C)C(C)(C)c3cc4c(-c5ccc(S)s5)c5sc(C(C)(C)C)cc5c(-c5ccc(F)s5)c4s3)c2c1F. The zero-order valence-electron chi connectivity index (χ0n) is 29.8. The molecule has 0 bridgehead atoms. The lowest BCUT2D eigenvalue weighted by atomic mass is 9.65. The fourth-order valence-electron chi connectivity index (χ4n) is 6.53. The molecule has 6 heterocycles. The predicted octanol–water partition coefficient (Wildman–Crippen LogP) is 16.2. The van der Waals surface area contributed by atoms with Gasteiger partial charge in [0.1, 0.15) is 0 Å². The second-order valence-electron chi connectivity index (χ2n) is 16.1. The highest BCUT2D eigenvalue weighted by Crippen LogP contribution is 2.58. The van der Waals surface area contributed by atoms with Crippen molar-refractivity contribution in [2.45, 2.75) is 95.1 Å². The van der Waals surface area contributed by atoms with Crippen LogP contribution in [0.5, 0.6) is 0 Å².